The summed E-state index contributed by atoms with van der Waals surface area (Å²) < 4.78 is 1.62. The predicted octanol–water partition coefficient (Wildman–Crippen LogP) is 0.308. The molecule has 0 aromatic carbocycles. The van der Waals surface area contributed by atoms with E-state index in [0.29, 0.717) is 18.1 Å². The van der Waals surface area contributed by atoms with Gasteiger partial charge < -0.3 is 11.5 Å². The zero-order valence-corrected chi connectivity index (χ0v) is 7.59. The summed E-state index contributed by atoms with van der Waals surface area (Å²) in [5, 5.41) is 4.11. The largest absolute Gasteiger partial charge is 0.396 e. The number of aromatic nitrogens is 3. The number of nitrogens with zero attached hydrogens (tertiary/aromatic N) is 3. The highest BCUT2D eigenvalue weighted by Crippen LogP contribution is 2.12. The maximum atomic E-state index is 5.75. The first-order valence-electron chi connectivity index (χ1n) is 4.25. The molecule has 0 fully saturated rings. The molecule has 5 nitrogen and oxygen atoms in total. The molecule has 0 aliphatic carbocycles. The van der Waals surface area contributed by atoms with Gasteiger partial charge in [0.25, 0.3) is 0 Å². The van der Waals surface area contributed by atoms with Crippen LogP contribution < -0.4 is 11.5 Å². The lowest BCUT2D eigenvalue weighted by molar-refractivity contribution is 0.849. The summed E-state index contributed by atoms with van der Waals surface area (Å²) in [6, 6.07) is 3.57. The van der Waals surface area contributed by atoms with Gasteiger partial charge in [-0.05, 0) is 12.1 Å². The Balaban J connectivity index is 2.44. The standard InChI is InChI=1S/C9H11N5/c10-4-7-5-13-14(6-7)9-8(11)2-1-3-12-9/h1-3,5-6H,4,10-11H2. The van der Waals surface area contributed by atoms with Gasteiger partial charge in [0.15, 0.2) is 5.82 Å². The molecule has 0 aliphatic rings. The third-order valence-electron chi connectivity index (χ3n) is 1.91. The van der Waals surface area contributed by atoms with Gasteiger partial charge in [0.1, 0.15) is 0 Å². The number of nitrogens with two attached hydrogens (primary N) is 2. The van der Waals surface area contributed by atoms with Crippen LogP contribution in [0, 0.1) is 0 Å². The van der Waals surface area contributed by atoms with E-state index in [1.54, 1.807) is 29.2 Å². The van der Waals surface area contributed by atoms with Gasteiger partial charge in [-0.25, -0.2) is 9.67 Å². The number of hydrogen-bond acceptors (Lipinski definition) is 4. The molecule has 0 saturated heterocycles. The molecule has 2 aromatic rings. The number of nitrogen functional groups attached to an aromatic ring is 1. The molecule has 14 heavy (non-hydrogen) atoms. The Kier molecular flexibility index (Phi) is 2.16. The van der Waals surface area contributed by atoms with Crippen molar-refractivity contribution in [1.82, 2.24) is 14.8 Å². The van der Waals surface area contributed by atoms with Gasteiger partial charge in [-0.1, -0.05) is 0 Å². The van der Waals surface area contributed by atoms with E-state index in [1.165, 1.54) is 0 Å². The molecule has 4 N–H and O–H groups in total. The van der Waals surface area contributed by atoms with Crippen LogP contribution in [0.5, 0.6) is 0 Å². The lowest BCUT2D eigenvalue weighted by Gasteiger charge is -2.02. The molecular weight excluding hydrogens is 178 g/mol. The molecule has 0 atom stereocenters. The molecule has 0 bridgehead atoms. The number of rotatable bonds is 2. The molecule has 2 aromatic heterocycles. The molecule has 72 valence electrons. The molecule has 2 heterocycles. The smallest absolute Gasteiger partial charge is 0.176 e. The van der Waals surface area contributed by atoms with E-state index in [1.807, 2.05) is 6.20 Å². The minimum atomic E-state index is 0.465. The lowest BCUT2D eigenvalue weighted by Crippen LogP contribution is -2.02. The Hall–Kier alpha value is -1.88. The Morgan fingerprint density at radius 1 is 1.43 bits per heavy atom. The van der Waals surface area contributed by atoms with Crippen molar-refractivity contribution in [3.63, 3.8) is 0 Å². The molecule has 0 amide bonds. The molecule has 5 heteroatoms. The molecule has 0 unspecified atom stereocenters. The van der Waals surface area contributed by atoms with Gasteiger partial charge in [-0.15, -0.1) is 0 Å². The third kappa shape index (κ3) is 1.45. The summed E-state index contributed by atoms with van der Waals surface area (Å²) in [5.74, 6) is 0.632. The third-order valence-corrected chi connectivity index (χ3v) is 1.91. The molecular formula is C9H11N5. The van der Waals surface area contributed by atoms with E-state index in [9.17, 15) is 0 Å². The summed E-state index contributed by atoms with van der Waals surface area (Å²) in [6.07, 6.45) is 5.20. The van der Waals surface area contributed by atoms with Gasteiger partial charge in [0.2, 0.25) is 0 Å². The number of hydrogen-bond donors (Lipinski definition) is 2. The van der Waals surface area contributed by atoms with Crippen LogP contribution in [-0.2, 0) is 6.54 Å². The Morgan fingerprint density at radius 2 is 2.29 bits per heavy atom. The first-order valence-corrected chi connectivity index (χ1v) is 4.25. The van der Waals surface area contributed by atoms with E-state index >= 15 is 0 Å². The maximum Gasteiger partial charge on any atom is 0.176 e. The fourth-order valence-corrected chi connectivity index (χ4v) is 1.18. The van der Waals surface area contributed by atoms with Crippen molar-refractivity contribution in [3.05, 3.63) is 36.3 Å². The van der Waals surface area contributed by atoms with Crippen LogP contribution in [0.25, 0.3) is 5.82 Å². The highest BCUT2D eigenvalue weighted by molar-refractivity contribution is 5.51. The minimum Gasteiger partial charge on any atom is -0.396 e. The van der Waals surface area contributed by atoms with Crippen molar-refractivity contribution in [3.8, 4) is 5.82 Å². The van der Waals surface area contributed by atoms with Gasteiger partial charge in [0, 0.05) is 24.5 Å². The molecule has 0 spiro atoms. The second-order valence-corrected chi connectivity index (χ2v) is 2.91. The molecule has 0 radical (unpaired) electrons. The van der Waals surface area contributed by atoms with E-state index in [-0.39, 0.29) is 0 Å². The van der Waals surface area contributed by atoms with Crippen LogP contribution in [0.15, 0.2) is 30.7 Å². The normalized spacial score (nSPS) is 10.4. The van der Waals surface area contributed by atoms with Gasteiger partial charge in [-0.3, -0.25) is 0 Å². The monoisotopic (exact) mass is 189 g/mol. The summed E-state index contributed by atoms with van der Waals surface area (Å²) in [4.78, 5) is 4.13. The Labute approximate surface area is 81.4 Å². The lowest BCUT2D eigenvalue weighted by atomic mass is 10.4. The first-order chi connectivity index (χ1) is 6.81. The Morgan fingerprint density at radius 3 is 2.93 bits per heavy atom. The Bertz CT molecular complexity index is 434. The topological polar surface area (TPSA) is 82.8 Å². The molecule has 0 saturated carbocycles. The highest BCUT2D eigenvalue weighted by Gasteiger charge is 2.03. The molecule has 0 aliphatic heterocycles. The van der Waals surface area contributed by atoms with Crippen LogP contribution in [0.1, 0.15) is 5.56 Å². The first kappa shape index (κ1) is 8.71. The van der Waals surface area contributed by atoms with Crippen molar-refractivity contribution in [2.75, 3.05) is 5.73 Å². The van der Waals surface area contributed by atoms with Crippen molar-refractivity contribution in [2.24, 2.45) is 5.73 Å². The number of anilines is 1. The van der Waals surface area contributed by atoms with E-state index < -0.39 is 0 Å². The maximum absolute atomic E-state index is 5.75. The van der Waals surface area contributed by atoms with Crippen molar-refractivity contribution in [2.45, 2.75) is 6.54 Å². The van der Waals surface area contributed by atoms with E-state index in [0.717, 1.165) is 5.56 Å². The van der Waals surface area contributed by atoms with Crippen LogP contribution in [0.4, 0.5) is 5.69 Å². The van der Waals surface area contributed by atoms with Crippen molar-refractivity contribution < 1.29 is 0 Å². The zero-order valence-electron chi connectivity index (χ0n) is 7.59. The summed E-state index contributed by atoms with van der Waals surface area (Å²) >= 11 is 0. The highest BCUT2D eigenvalue weighted by atomic mass is 15.3. The quantitative estimate of drug-likeness (QED) is 0.712. The minimum absolute atomic E-state index is 0.465. The molecule has 2 rings (SSSR count). The summed E-state index contributed by atoms with van der Waals surface area (Å²) in [6.45, 7) is 0.465. The van der Waals surface area contributed by atoms with Crippen molar-refractivity contribution >= 4 is 5.69 Å². The predicted molar refractivity (Wildman–Crippen MR) is 53.7 cm³/mol. The fraction of sp³-hybridized carbons (Fsp3) is 0.111. The van der Waals surface area contributed by atoms with Gasteiger partial charge in [0.05, 0.1) is 11.9 Å². The van der Waals surface area contributed by atoms with Crippen LogP contribution in [0.2, 0.25) is 0 Å². The second-order valence-electron chi connectivity index (χ2n) is 2.91. The zero-order chi connectivity index (χ0) is 9.97. The second kappa shape index (κ2) is 3.47. The fourth-order valence-electron chi connectivity index (χ4n) is 1.18. The van der Waals surface area contributed by atoms with E-state index in [2.05, 4.69) is 10.1 Å². The van der Waals surface area contributed by atoms with Gasteiger partial charge in [-0.2, -0.15) is 5.10 Å². The average molecular weight is 189 g/mol. The van der Waals surface area contributed by atoms with Crippen LogP contribution in [-0.4, -0.2) is 14.8 Å². The van der Waals surface area contributed by atoms with Crippen molar-refractivity contribution in [1.29, 1.82) is 0 Å². The van der Waals surface area contributed by atoms with Crippen LogP contribution >= 0.6 is 0 Å². The number of pyridine rings is 1. The van der Waals surface area contributed by atoms with E-state index in [4.69, 9.17) is 11.5 Å². The average Bonchev–Trinajstić information content (AvgIpc) is 2.67. The summed E-state index contributed by atoms with van der Waals surface area (Å²) in [7, 11) is 0. The summed E-state index contributed by atoms with van der Waals surface area (Å²) in [5.41, 5.74) is 12.8. The SMILES string of the molecule is NCc1cnn(-c2ncccc2N)c1. The van der Waals surface area contributed by atoms with Crippen LogP contribution in [0.3, 0.4) is 0 Å². The van der Waals surface area contributed by atoms with Gasteiger partial charge >= 0.3 is 0 Å².